The molecule has 4 nitrogen and oxygen atoms in total. The highest BCUT2D eigenvalue weighted by Gasteiger charge is 2.34. The molecule has 0 spiro atoms. The first-order valence-electron chi connectivity index (χ1n) is 7.91. The van der Waals surface area contributed by atoms with E-state index >= 15 is 0 Å². The van der Waals surface area contributed by atoms with Crippen LogP contribution < -0.4 is 15.4 Å². The minimum absolute atomic E-state index is 0.0358. The molecule has 0 bridgehead atoms. The highest BCUT2D eigenvalue weighted by molar-refractivity contribution is 5.96. The third-order valence-electron chi connectivity index (χ3n) is 4.50. The minimum atomic E-state index is 0.0358. The van der Waals surface area contributed by atoms with Crippen molar-refractivity contribution in [2.75, 3.05) is 26.2 Å². The van der Waals surface area contributed by atoms with Crippen molar-refractivity contribution in [1.82, 2.24) is 10.6 Å². The first-order valence-corrected chi connectivity index (χ1v) is 7.91. The van der Waals surface area contributed by atoms with E-state index in [0.29, 0.717) is 24.4 Å². The summed E-state index contributed by atoms with van der Waals surface area (Å²) in [6, 6.07) is 5.99. The van der Waals surface area contributed by atoms with E-state index in [9.17, 15) is 4.79 Å². The first-order chi connectivity index (χ1) is 10.1. The van der Waals surface area contributed by atoms with Crippen LogP contribution in [0.25, 0.3) is 0 Å². The number of rotatable bonds is 4. The van der Waals surface area contributed by atoms with E-state index in [1.165, 1.54) is 0 Å². The zero-order valence-corrected chi connectivity index (χ0v) is 12.8. The van der Waals surface area contributed by atoms with E-state index in [-0.39, 0.29) is 5.91 Å². The van der Waals surface area contributed by atoms with Crippen LogP contribution in [0.4, 0.5) is 0 Å². The highest BCUT2D eigenvalue weighted by atomic mass is 16.5. The van der Waals surface area contributed by atoms with Crippen molar-refractivity contribution in [1.29, 1.82) is 0 Å². The Morgan fingerprint density at radius 3 is 2.95 bits per heavy atom. The van der Waals surface area contributed by atoms with Gasteiger partial charge < -0.3 is 15.4 Å². The SMILES string of the molecule is CC(C)CCOc1ccc2c(c1)C(=O)NCC1CNCC21. The summed E-state index contributed by atoms with van der Waals surface area (Å²) in [5, 5.41) is 6.47. The Bertz CT molecular complexity index is 528. The summed E-state index contributed by atoms with van der Waals surface area (Å²) >= 11 is 0. The van der Waals surface area contributed by atoms with Crippen LogP contribution in [0, 0.1) is 11.8 Å². The monoisotopic (exact) mass is 288 g/mol. The molecule has 1 amide bonds. The summed E-state index contributed by atoms with van der Waals surface area (Å²) in [5.41, 5.74) is 1.95. The molecule has 1 saturated heterocycles. The fourth-order valence-electron chi connectivity index (χ4n) is 3.19. The van der Waals surface area contributed by atoms with Crippen LogP contribution in [-0.4, -0.2) is 32.1 Å². The summed E-state index contributed by atoms with van der Waals surface area (Å²) < 4.78 is 5.79. The second-order valence-electron chi connectivity index (χ2n) is 6.51. The molecule has 0 saturated carbocycles. The van der Waals surface area contributed by atoms with Crippen LogP contribution in [0.2, 0.25) is 0 Å². The number of ether oxygens (including phenoxy) is 1. The topological polar surface area (TPSA) is 50.4 Å². The molecule has 2 atom stereocenters. The molecule has 1 aromatic rings. The third-order valence-corrected chi connectivity index (χ3v) is 4.50. The molecule has 2 aliphatic rings. The van der Waals surface area contributed by atoms with Crippen LogP contribution >= 0.6 is 0 Å². The Hall–Kier alpha value is -1.55. The first kappa shape index (κ1) is 14.4. The quantitative estimate of drug-likeness (QED) is 0.892. The number of fused-ring (bicyclic) bond motifs is 3. The molecule has 21 heavy (non-hydrogen) atoms. The lowest BCUT2D eigenvalue weighted by atomic mass is 9.87. The zero-order valence-electron chi connectivity index (χ0n) is 12.8. The molecule has 0 aliphatic carbocycles. The fraction of sp³-hybridized carbons (Fsp3) is 0.588. The van der Waals surface area contributed by atoms with Gasteiger partial charge in [-0.3, -0.25) is 4.79 Å². The van der Waals surface area contributed by atoms with Gasteiger partial charge in [0, 0.05) is 31.1 Å². The van der Waals surface area contributed by atoms with E-state index in [0.717, 1.165) is 42.9 Å². The van der Waals surface area contributed by atoms with Crippen molar-refractivity contribution < 1.29 is 9.53 Å². The Morgan fingerprint density at radius 1 is 1.29 bits per heavy atom. The maximum Gasteiger partial charge on any atom is 0.251 e. The molecule has 1 aromatic carbocycles. The zero-order chi connectivity index (χ0) is 14.8. The van der Waals surface area contributed by atoms with Gasteiger partial charge in [0.15, 0.2) is 0 Å². The highest BCUT2D eigenvalue weighted by Crippen LogP contribution is 2.34. The maximum atomic E-state index is 12.3. The molecular weight excluding hydrogens is 264 g/mol. The Kier molecular flexibility index (Phi) is 4.15. The van der Waals surface area contributed by atoms with Crippen LogP contribution in [-0.2, 0) is 0 Å². The summed E-state index contributed by atoms with van der Waals surface area (Å²) in [5.74, 6) is 2.40. The lowest BCUT2D eigenvalue weighted by Crippen LogP contribution is -2.28. The van der Waals surface area contributed by atoms with E-state index < -0.39 is 0 Å². The summed E-state index contributed by atoms with van der Waals surface area (Å²) in [7, 11) is 0. The van der Waals surface area contributed by atoms with Gasteiger partial charge in [-0.2, -0.15) is 0 Å². The summed E-state index contributed by atoms with van der Waals surface area (Å²) in [6.45, 7) is 7.76. The van der Waals surface area contributed by atoms with E-state index in [1.54, 1.807) is 0 Å². The molecule has 2 unspecified atom stereocenters. The van der Waals surface area contributed by atoms with Gasteiger partial charge in [0.25, 0.3) is 5.91 Å². The number of benzene rings is 1. The lowest BCUT2D eigenvalue weighted by molar-refractivity contribution is 0.0952. The number of nitrogens with one attached hydrogen (secondary N) is 2. The molecule has 3 rings (SSSR count). The van der Waals surface area contributed by atoms with Gasteiger partial charge in [0.2, 0.25) is 0 Å². The van der Waals surface area contributed by atoms with Gasteiger partial charge in [-0.05, 0) is 36.0 Å². The standard InChI is InChI=1S/C17H24N2O2/c1-11(2)5-6-21-13-3-4-14-15(7-13)17(20)19-9-12-8-18-10-16(12)14/h3-4,7,11-12,16,18H,5-6,8-10H2,1-2H3,(H,19,20). The number of carbonyl (C=O) groups excluding carboxylic acids is 1. The van der Waals surface area contributed by atoms with Crippen molar-refractivity contribution in [2.24, 2.45) is 11.8 Å². The van der Waals surface area contributed by atoms with E-state index in [1.807, 2.05) is 12.1 Å². The Balaban J connectivity index is 1.81. The van der Waals surface area contributed by atoms with Gasteiger partial charge in [-0.1, -0.05) is 19.9 Å². The predicted molar refractivity (Wildman–Crippen MR) is 82.8 cm³/mol. The number of amides is 1. The largest absolute Gasteiger partial charge is 0.494 e. The molecule has 114 valence electrons. The third kappa shape index (κ3) is 3.05. The maximum absolute atomic E-state index is 12.3. The predicted octanol–water partition coefficient (Wildman–Crippen LogP) is 2.16. The molecule has 0 aromatic heterocycles. The smallest absolute Gasteiger partial charge is 0.251 e. The van der Waals surface area contributed by atoms with Crippen LogP contribution in [0.3, 0.4) is 0 Å². The van der Waals surface area contributed by atoms with Gasteiger partial charge in [-0.25, -0.2) is 0 Å². The van der Waals surface area contributed by atoms with Crippen LogP contribution in [0.15, 0.2) is 18.2 Å². The molecule has 2 heterocycles. The molecule has 4 heteroatoms. The van der Waals surface area contributed by atoms with Crippen LogP contribution in [0.5, 0.6) is 5.75 Å². The number of hydrogen-bond donors (Lipinski definition) is 2. The molecular formula is C17H24N2O2. The second-order valence-corrected chi connectivity index (χ2v) is 6.51. The molecule has 2 N–H and O–H groups in total. The fourth-order valence-corrected chi connectivity index (χ4v) is 3.19. The van der Waals surface area contributed by atoms with Crippen LogP contribution in [0.1, 0.15) is 42.1 Å². The minimum Gasteiger partial charge on any atom is -0.494 e. The summed E-state index contributed by atoms with van der Waals surface area (Å²) in [6.07, 6.45) is 1.03. The number of carbonyl (C=O) groups is 1. The molecule has 2 aliphatic heterocycles. The average Bonchev–Trinajstić information content (AvgIpc) is 2.88. The Labute approximate surface area is 126 Å². The normalized spacial score (nSPS) is 24.2. The van der Waals surface area contributed by atoms with Gasteiger partial charge in [-0.15, -0.1) is 0 Å². The number of hydrogen-bond acceptors (Lipinski definition) is 3. The van der Waals surface area contributed by atoms with Gasteiger partial charge in [0.1, 0.15) is 5.75 Å². The van der Waals surface area contributed by atoms with Crippen molar-refractivity contribution in [3.05, 3.63) is 29.3 Å². The average molecular weight is 288 g/mol. The lowest BCUT2D eigenvalue weighted by Gasteiger charge is -2.17. The second kappa shape index (κ2) is 6.06. The van der Waals surface area contributed by atoms with Gasteiger partial charge >= 0.3 is 0 Å². The van der Waals surface area contributed by atoms with Gasteiger partial charge in [0.05, 0.1) is 6.61 Å². The van der Waals surface area contributed by atoms with E-state index in [4.69, 9.17) is 4.74 Å². The van der Waals surface area contributed by atoms with Crippen molar-refractivity contribution in [3.63, 3.8) is 0 Å². The van der Waals surface area contributed by atoms with Crippen molar-refractivity contribution in [2.45, 2.75) is 26.2 Å². The van der Waals surface area contributed by atoms with Crippen molar-refractivity contribution >= 4 is 5.91 Å². The Morgan fingerprint density at radius 2 is 2.14 bits per heavy atom. The van der Waals surface area contributed by atoms with Crippen molar-refractivity contribution in [3.8, 4) is 5.75 Å². The summed E-state index contributed by atoms with van der Waals surface area (Å²) in [4.78, 5) is 12.3. The molecule has 1 fully saturated rings. The molecule has 0 radical (unpaired) electrons. The van der Waals surface area contributed by atoms with E-state index in [2.05, 4.69) is 30.5 Å².